The summed E-state index contributed by atoms with van der Waals surface area (Å²) in [4.78, 5) is 19.4. The van der Waals surface area contributed by atoms with Crippen molar-refractivity contribution in [3.05, 3.63) is 17.1 Å². The Morgan fingerprint density at radius 2 is 2.06 bits per heavy atom. The summed E-state index contributed by atoms with van der Waals surface area (Å²) >= 11 is 1.39. The Morgan fingerprint density at radius 3 is 2.61 bits per heavy atom. The van der Waals surface area contributed by atoms with Crippen molar-refractivity contribution in [2.24, 2.45) is 0 Å². The Labute approximate surface area is 111 Å². The topological polar surface area (TPSA) is 72.3 Å². The molecule has 1 heterocycles. The number of thioether (sulfide) groups is 1. The predicted molar refractivity (Wildman–Crippen MR) is 70.3 cm³/mol. The number of aryl methyl sites for hydroxylation is 2. The molecule has 18 heavy (non-hydrogen) atoms. The molecule has 0 aliphatic rings. The van der Waals surface area contributed by atoms with Crippen LogP contribution in [0.25, 0.3) is 0 Å². The molecule has 0 aliphatic heterocycles. The van der Waals surface area contributed by atoms with Gasteiger partial charge in [-0.25, -0.2) is 14.8 Å². The molecule has 0 aliphatic carbocycles. The van der Waals surface area contributed by atoms with Gasteiger partial charge in [0.2, 0.25) is 0 Å². The Kier molecular flexibility index (Phi) is 5.55. The van der Waals surface area contributed by atoms with Crippen molar-refractivity contribution in [3.8, 4) is 0 Å². The molecule has 1 N–H and O–H groups in total. The van der Waals surface area contributed by atoms with Gasteiger partial charge in [-0.15, -0.1) is 11.8 Å². The maximum atomic E-state index is 11.2. The molecule has 0 atom stereocenters. The number of nitrogens with zero attached hydrogens (tertiary/aromatic N) is 2. The Hall–Kier alpha value is -1.14. The van der Waals surface area contributed by atoms with E-state index in [0.29, 0.717) is 28.9 Å². The normalized spacial score (nSPS) is 10.9. The summed E-state index contributed by atoms with van der Waals surface area (Å²) < 4.78 is 5.41. The highest BCUT2D eigenvalue weighted by molar-refractivity contribution is 7.99. The highest BCUT2D eigenvalue weighted by Crippen LogP contribution is 2.22. The summed E-state index contributed by atoms with van der Waals surface area (Å²) in [6, 6.07) is 0. The second-order valence-corrected chi connectivity index (χ2v) is 5.19. The summed E-state index contributed by atoms with van der Waals surface area (Å²) in [5.74, 6) is 0.276. The fourth-order valence-corrected chi connectivity index (χ4v) is 2.40. The first-order valence-electron chi connectivity index (χ1n) is 5.74. The van der Waals surface area contributed by atoms with Gasteiger partial charge in [-0.2, -0.15) is 0 Å². The minimum Gasteiger partial charge on any atom is -0.478 e. The van der Waals surface area contributed by atoms with Crippen LogP contribution in [0.2, 0.25) is 0 Å². The van der Waals surface area contributed by atoms with E-state index < -0.39 is 5.97 Å². The number of hydrogen-bond donors (Lipinski definition) is 1. The SMILES string of the molecule is Cc1nc(C)c(C(=O)O)c(SCCOC(C)C)n1. The third kappa shape index (κ3) is 4.27. The Balaban J connectivity index is 2.77. The van der Waals surface area contributed by atoms with Crippen LogP contribution in [0.4, 0.5) is 0 Å². The monoisotopic (exact) mass is 270 g/mol. The van der Waals surface area contributed by atoms with Crippen LogP contribution in [0, 0.1) is 13.8 Å². The lowest BCUT2D eigenvalue weighted by atomic mass is 10.2. The molecule has 0 saturated carbocycles. The van der Waals surface area contributed by atoms with Crippen molar-refractivity contribution in [1.29, 1.82) is 0 Å². The first-order valence-corrected chi connectivity index (χ1v) is 6.73. The molecule has 0 aromatic carbocycles. The van der Waals surface area contributed by atoms with E-state index in [4.69, 9.17) is 9.84 Å². The van der Waals surface area contributed by atoms with Crippen LogP contribution in [0.15, 0.2) is 5.03 Å². The first kappa shape index (κ1) is 14.9. The van der Waals surface area contributed by atoms with Crippen molar-refractivity contribution in [3.63, 3.8) is 0 Å². The highest BCUT2D eigenvalue weighted by Gasteiger charge is 2.17. The lowest BCUT2D eigenvalue weighted by molar-refractivity contribution is 0.0690. The molecule has 1 aromatic heterocycles. The van der Waals surface area contributed by atoms with Crippen molar-refractivity contribution in [2.75, 3.05) is 12.4 Å². The third-order valence-corrected chi connectivity index (χ3v) is 3.10. The van der Waals surface area contributed by atoms with Crippen molar-refractivity contribution < 1.29 is 14.6 Å². The number of carboxylic acid groups (broad SMARTS) is 1. The second-order valence-electron chi connectivity index (χ2n) is 4.11. The molecule has 1 rings (SSSR count). The molecule has 0 amide bonds. The van der Waals surface area contributed by atoms with E-state index in [0.717, 1.165) is 0 Å². The maximum absolute atomic E-state index is 11.2. The number of aromatic carboxylic acids is 1. The largest absolute Gasteiger partial charge is 0.478 e. The summed E-state index contributed by atoms with van der Waals surface area (Å²) in [5, 5.41) is 9.67. The lowest BCUT2D eigenvalue weighted by Crippen LogP contribution is -2.10. The molecular weight excluding hydrogens is 252 g/mol. The first-order chi connectivity index (χ1) is 8.41. The molecule has 1 aromatic rings. The molecule has 5 nitrogen and oxygen atoms in total. The van der Waals surface area contributed by atoms with E-state index in [1.54, 1.807) is 13.8 Å². The average molecular weight is 270 g/mol. The minimum absolute atomic E-state index is 0.179. The molecule has 0 fully saturated rings. The molecule has 0 saturated heterocycles. The number of rotatable bonds is 6. The van der Waals surface area contributed by atoms with Gasteiger partial charge in [-0.1, -0.05) is 0 Å². The lowest BCUT2D eigenvalue weighted by Gasteiger charge is -2.10. The maximum Gasteiger partial charge on any atom is 0.340 e. The van der Waals surface area contributed by atoms with Gasteiger partial charge >= 0.3 is 5.97 Å². The fourth-order valence-electron chi connectivity index (χ4n) is 1.45. The second kappa shape index (κ2) is 6.70. The van der Waals surface area contributed by atoms with Crippen LogP contribution in [-0.2, 0) is 4.74 Å². The molecule has 0 spiro atoms. The highest BCUT2D eigenvalue weighted by atomic mass is 32.2. The summed E-state index contributed by atoms with van der Waals surface area (Å²) in [5.41, 5.74) is 0.692. The summed E-state index contributed by atoms with van der Waals surface area (Å²) in [6.45, 7) is 7.95. The third-order valence-electron chi connectivity index (χ3n) is 2.16. The standard InChI is InChI=1S/C12H18N2O3S/c1-7(2)17-5-6-18-11-10(12(15)16)8(3)13-9(4)14-11/h7H,5-6H2,1-4H3,(H,15,16). The number of aromatic nitrogens is 2. The molecule has 100 valence electrons. The molecule has 0 bridgehead atoms. The molecule has 0 unspecified atom stereocenters. The van der Waals surface area contributed by atoms with E-state index in [2.05, 4.69) is 9.97 Å². The van der Waals surface area contributed by atoms with Crippen LogP contribution < -0.4 is 0 Å². The van der Waals surface area contributed by atoms with E-state index in [1.165, 1.54) is 11.8 Å². The van der Waals surface area contributed by atoms with Gasteiger partial charge in [-0.3, -0.25) is 0 Å². The van der Waals surface area contributed by atoms with Crippen LogP contribution in [0.1, 0.15) is 35.7 Å². The van der Waals surface area contributed by atoms with E-state index in [-0.39, 0.29) is 11.7 Å². The molecule has 0 radical (unpaired) electrons. The number of carboxylic acids is 1. The van der Waals surface area contributed by atoms with Gasteiger partial charge < -0.3 is 9.84 Å². The average Bonchev–Trinajstić information content (AvgIpc) is 2.22. The predicted octanol–water partition coefficient (Wildman–Crippen LogP) is 2.31. The zero-order valence-corrected chi connectivity index (χ0v) is 11.9. The number of ether oxygens (including phenoxy) is 1. The van der Waals surface area contributed by atoms with Crippen molar-refractivity contribution >= 4 is 17.7 Å². The Bertz CT molecular complexity index is 436. The van der Waals surface area contributed by atoms with Crippen LogP contribution in [0.5, 0.6) is 0 Å². The number of carbonyl (C=O) groups is 1. The summed E-state index contributed by atoms with van der Waals surface area (Å²) in [7, 11) is 0. The quantitative estimate of drug-likeness (QED) is 0.486. The summed E-state index contributed by atoms with van der Waals surface area (Å²) in [6.07, 6.45) is 0.179. The van der Waals surface area contributed by atoms with Gasteiger partial charge in [0, 0.05) is 5.75 Å². The van der Waals surface area contributed by atoms with Crippen LogP contribution in [-0.4, -0.2) is 39.5 Å². The fraction of sp³-hybridized carbons (Fsp3) is 0.583. The van der Waals surface area contributed by atoms with Gasteiger partial charge in [0.15, 0.2) is 0 Å². The van der Waals surface area contributed by atoms with Gasteiger partial charge in [0.25, 0.3) is 0 Å². The van der Waals surface area contributed by atoms with Gasteiger partial charge in [0.05, 0.1) is 18.4 Å². The van der Waals surface area contributed by atoms with Gasteiger partial charge in [-0.05, 0) is 27.7 Å². The number of hydrogen-bond acceptors (Lipinski definition) is 5. The zero-order valence-electron chi connectivity index (χ0n) is 11.1. The van der Waals surface area contributed by atoms with Crippen LogP contribution in [0.3, 0.4) is 0 Å². The van der Waals surface area contributed by atoms with Gasteiger partial charge in [0.1, 0.15) is 16.4 Å². The van der Waals surface area contributed by atoms with E-state index in [9.17, 15) is 4.79 Å². The zero-order chi connectivity index (χ0) is 13.7. The Morgan fingerprint density at radius 1 is 1.39 bits per heavy atom. The molecular formula is C12H18N2O3S. The van der Waals surface area contributed by atoms with Crippen molar-refractivity contribution in [1.82, 2.24) is 9.97 Å². The van der Waals surface area contributed by atoms with Crippen molar-refractivity contribution in [2.45, 2.75) is 38.8 Å². The van der Waals surface area contributed by atoms with Crippen LogP contribution >= 0.6 is 11.8 Å². The minimum atomic E-state index is -0.986. The smallest absolute Gasteiger partial charge is 0.340 e. The van der Waals surface area contributed by atoms with E-state index in [1.807, 2.05) is 13.8 Å². The molecule has 6 heteroatoms. The van der Waals surface area contributed by atoms with E-state index >= 15 is 0 Å².